The van der Waals surface area contributed by atoms with Crippen LogP contribution in [0.2, 0.25) is 0 Å². The Morgan fingerprint density at radius 1 is 1.23 bits per heavy atom. The minimum absolute atomic E-state index is 0.442. The van der Waals surface area contributed by atoms with Gasteiger partial charge in [0.05, 0.1) is 6.04 Å². The third-order valence-electron chi connectivity index (χ3n) is 3.95. The quantitative estimate of drug-likeness (QED) is 0.700. The Labute approximate surface area is 132 Å². The molecule has 0 aromatic carbocycles. The molecule has 0 aromatic rings. The number of carbonyl (C=O) groups is 2. The van der Waals surface area contributed by atoms with E-state index in [1.54, 1.807) is 20.8 Å². The lowest BCUT2D eigenvalue weighted by Crippen LogP contribution is -2.48. The Morgan fingerprint density at radius 2 is 1.82 bits per heavy atom. The summed E-state index contributed by atoms with van der Waals surface area (Å²) >= 11 is 0. The van der Waals surface area contributed by atoms with E-state index in [4.69, 9.17) is 9.84 Å². The highest BCUT2D eigenvalue weighted by Crippen LogP contribution is 2.28. The smallest absolute Gasteiger partial charge is 0.407 e. The number of rotatable bonds is 6. The molecule has 1 aliphatic carbocycles. The standard InChI is InChI=1S/C16H29NO5/c1-16(2,3)22-15(21)17-12(13(18)14(19)20)10-9-11-7-5-4-6-8-11/h11-13,18H,4-10H2,1-3H3,(H,17,21)(H,19,20). The fourth-order valence-electron chi connectivity index (χ4n) is 2.83. The summed E-state index contributed by atoms with van der Waals surface area (Å²) in [6, 6.07) is -0.825. The van der Waals surface area contributed by atoms with Crippen LogP contribution in [0.15, 0.2) is 0 Å². The zero-order valence-corrected chi connectivity index (χ0v) is 13.8. The predicted octanol–water partition coefficient (Wildman–Crippen LogP) is 2.69. The molecule has 1 amide bonds. The number of ether oxygens (including phenoxy) is 1. The highest BCUT2D eigenvalue weighted by atomic mass is 16.6. The average Bonchev–Trinajstić information content (AvgIpc) is 2.41. The van der Waals surface area contributed by atoms with Gasteiger partial charge < -0.3 is 20.3 Å². The second-order valence-electron chi connectivity index (χ2n) is 7.12. The molecule has 1 aliphatic rings. The minimum atomic E-state index is -1.61. The summed E-state index contributed by atoms with van der Waals surface area (Å²) in [7, 11) is 0. The first-order chi connectivity index (χ1) is 10.2. The minimum Gasteiger partial charge on any atom is -0.479 e. The van der Waals surface area contributed by atoms with Crippen molar-refractivity contribution in [3.8, 4) is 0 Å². The van der Waals surface area contributed by atoms with E-state index >= 15 is 0 Å². The van der Waals surface area contributed by atoms with E-state index in [9.17, 15) is 14.7 Å². The summed E-state index contributed by atoms with van der Waals surface area (Å²) in [4.78, 5) is 22.8. The van der Waals surface area contributed by atoms with Gasteiger partial charge in [0.1, 0.15) is 5.60 Å². The highest BCUT2D eigenvalue weighted by molar-refractivity contribution is 5.75. The molecule has 6 heteroatoms. The molecule has 128 valence electrons. The molecule has 2 atom stereocenters. The summed E-state index contributed by atoms with van der Waals surface area (Å²) in [6.07, 6.45) is 4.89. The number of aliphatic carboxylic acids is 1. The van der Waals surface area contributed by atoms with Gasteiger partial charge in [0.15, 0.2) is 6.10 Å². The molecule has 22 heavy (non-hydrogen) atoms. The van der Waals surface area contributed by atoms with Crippen molar-refractivity contribution in [1.29, 1.82) is 0 Å². The molecule has 1 fully saturated rings. The zero-order chi connectivity index (χ0) is 16.8. The Hall–Kier alpha value is -1.30. The first-order valence-electron chi connectivity index (χ1n) is 8.09. The van der Waals surface area contributed by atoms with Crippen LogP contribution in [0.25, 0.3) is 0 Å². The molecule has 0 spiro atoms. The number of aliphatic hydroxyl groups is 1. The Bertz CT molecular complexity index is 371. The fraction of sp³-hybridized carbons (Fsp3) is 0.875. The van der Waals surface area contributed by atoms with Crippen LogP contribution in [0.1, 0.15) is 65.7 Å². The molecule has 3 N–H and O–H groups in total. The molecule has 0 aliphatic heterocycles. The van der Waals surface area contributed by atoms with Crippen molar-refractivity contribution in [1.82, 2.24) is 5.32 Å². The van der Waals surface area contributed by atoms with Crippen molar-refractivity contribution in [3.63, 3.8) is 0 Å². The van der Waals surface area contributed by atoms with E-state index < -0.39 is 29.8 Å². The van der Waals surface area contributed by atoms with E-state index in [1.807, 2.05) is 0 Å². The van der Waals surface area contributed by atoms with Crippen LogP contribution in [0.4, 0.5) is 4.79 Å². The van der Waals surface area contributed by atoms with Crippen LogP contribution >= 0.6 is 0 Å². The average molecular weight is 315 g/mol. The number of aliphatic hydroxyl groups excluding tert-OH is 1. The summed E-state index contributed by atoms with van der Waals surface area (Å²) in [5, 5.41) is 21.3. The van der Waals surface area contributed by atoms with Gasteiger partial charge in [0, 0.05) is 0 Å². The van der Waals surface area contributed by atoms with Gasteiger partial charge >= 0.3 is 12.1 Å². The van der Waals surface area contributed by atoms with Gasteiger partial charge in [-0.25, -0.2) is 9.59 Å². The van der Waals surface area contributed by atoms with Crippen LogP contribution in [0.5, 0.6) is 0 Å². The second kappa shape index (κ2) is 8.36. The normalized spacial score (nSPS) is 19.3. The fourth-order valence-corrected chi connectivity index (χ4v) is 2.83. The lowest BCUT2D eigenvalue weighted by atomic mass is 9.84. The summed E-state index contributed by atoms with van der Waals surface area (Å²) in [5.41, 5.74) is -0.661. The maximum Gasteiger partial charge on any atom is 0.407 e. The number of carboxylic acids is 1. The monoisotopic (exact) mass is 315 g/mol. The van der Waals surface area contributed by atoms with Crippen LogP contribution in [0, 0.1) is 5.92 Å². The molecule has 1 rings (SSSR count). The van der Waals surface area contributed by atoms with Crippen molar-refractivity contribution in [2.45, 2.75) is 83.5 Å². The van der Waals surface area contributed by atoms with Gasteiger partial charge in [-0.1, -0.05) is 32.1 Å². The number of amides is 1. The van der Waals surface area contributed by atoms with Crippen molar-refractivity contribution in [2.24, 2.45) is 5.92 Å². The predicted molar refractivity (Wildman–Crippen MR) is 82.6 cm³/mol. The summed E-state index contributed by atoms with van der Waals surface area (Å²) in [5.74, 6) is -0.776. The third-order valence-corrected chi connectivity index (χ3v) is 3.95. The Morgan fingerprint density at radius 3 is 2.32 bits per heavy atom. The van der Waals surface area contributed by atoms with E-state index in [0.717, 1.165) is 19.3 Å². The maximum absolute atomic E-state index is 11.8. The van der Waals surface area contributed by atoms with E-state index in [-0.39, 0.29) is 0 Å². The van der Waals surface area contributed by atoms with E-state index in [1.165, 1.54) is 19.3 Å². The molecular weight excluding hydrogens is 286 g/mol. The number of hydrogen-bond acceptors (Lipinski definition) is 4. The van der Waals surface area contributed by atoms with Crippen LogP contribution in [-0.2, 0) is 9.53 Å². The molecule has 0 radical (unpaired) electrons. The number of alkyl carbamates (subject to hydrolysis) is 1. The molecule has 6 nitrogen and oxygen atoms in total. The van der Waals surface area contributed by atoms with Crippen LogP contribution < -0.4 is 5.32 Å². The van der Waals surface area contributed by atoms with Crippen molar-refractivity contribution in [3.05, 3.63) is 0 Å². The highest BCUT2D eigenvalue weighted by Gasteiger charge is 2.29. The summed E-state index contributed by atoms with van der Waals surface area (Å²) < 4.78 is 5.14. The van der Waals surface area contributed by atoms with Gasteiger partial charge in [-0.15, -0.1) is 0 Å². The first-order valence-corrected chi connectivity index (χ1v) is 8.09. The zero-order valence-electron chi connectivity index (χ0n) is 13.8. The van der Waals surface area contributed by atoms with E-state index in [2.05, 4.69) is 5.32 Å². The third kappa shape index (κ3) is 7.11. The van der Waals surface area contributed by atoms with E-state index in [0.29, 0.717) is 12.3 Å². The maximum atomic E-state index is 11.8. The summed E-state index contributed by atoms with van der Waals surface area (Å²) in [6.45, 7) is 5.20. The first kappa shape index (κ1) is 18.7. The van der Waals surface area contributed by atoms with Gasteiger partial charge in [0.2, 0.25) is 0 Å². The van der Waals surface area contributed by atoms with Crippen molar-refractivity contribution in [2.75, 3.05) is 0 Å². The molecule has 0 aromatic heterocycles. The SMILES string of the molecule is CC(C)(C)OC(=O)NC(CCC1CCCCC1)C(O)C(=O)O. The molecule has 0 heterocycles. The molecular formula is C16H29NO5. The van der Waals surface area contributed by atoms with Gasteiger partial charge in [-0.2, -0.15) is 0 Å². The second-order valence-corrected chi connectivity index (χ2v) is 7.12. The largest absolute Gasteiger partial charge is 0.479 e. The van der Waals surface area contributed by atoms with Gasteiger partial charge in [-0.05, 0) is 39.5 Å². The van der Waals surface area contributed by atoms with Crippen molar-refractivity contribution < 1.29 is 24.5 Å². The number of carboxylic acid groups (broad SMARTS) is 1. The molecule has 0 bridgehead atoms. The molecule has 2 unspecified atom stereocenters. The molecule has 1 saturated carbocycles. The lowest BCUT2D eigenvalue weighted by molar-refractivity contribution is -0.148. The number of hydrogen-bond donors (Lipinski definition) is 3. The number of carbonyl (C=O) groups excluding carboxylic acids is 1. The Kier molecular flexibility index (Phi) is 7.13. The number of nitrogens with one attached hydrogen (secondary N) is 1. The lowest BCUT2D eigenvalue weighted by Gasteiger charge is -2.27. The Balaban J connectivity index is 2.55. The van der Waals surface area contributed by atoms with Gasteiger partial charge in [0.25, 0.3) is 0 Å². The van der Waals surface area contributed by atoms with Gasteiger partial charge in [-0.3, -0.25) is 0 Å². The molecule has 0 saturated heterocycles. The van der Waals surface area contributed by atoms with Crippen molar-refractivity contribution >= 4 is 12.1 Å². The van der Waals surface area contributed by atoms with Crippen LogP contribution in [-0.4, -0.2) is 40.0 Å². The van der Waals surface area contributed by atoms with Crippen LogP contribution in [0.3, 0.4) is 0 Å². The topological polar surface area (TPSA) is 95.9 Å².